The molecule has 0 saturated carbocycles. The quantitative estimate of drug-likeness (QED) is 0.918. The predicted octanol–water partition coefficient (Wildman–Crippen LogP) is 2.15. The first kappa shape index (κ1) is 15.3. The number of carbonyl (C=O) groups excluding carboxylic acids is 1. The summed E-state index contributed by atoms with van der Waals surface area (Å²) in [5, 5.41) is 5.91. The van der Waals surface area contributed by atoms with Crippen LogP contribution in [0.4, 0.5) is 14.5 Å². The van der Waals surface area contributed by atoms with Gasteiger partial charge in [0, 0.05) is 22.9 Å². The van der Waals surface area contributed by atoms with Crippen molar-refractivity contribution in [2.45, 2.75) is 12.7 Å². The number of halogens is 2. The van der Waals surface area contributed by atoms with Crippen molar-refractivity contribution in [2.75, 3.05) is 11.1 Å². The van der Waals surface area contributed by atoms with Gasteiger partial charge in [0.2, 0.25) is 5.91 Å². The fraction of sp³-hybridized carbons (Fsp3) is 0.231. The Morgan fingerprint density at radius 2 is 2.14 bits per heavy atom. The number of hydrogen-bond acceptors (Lipinski definition) is 4. The lowest BCUT2D eigenvalue weighted by Crippen LogP contribution is -2.21. The van der Waals surface area contributed by atoms with Crippen molar-refractivity contribution in [1.82, 2.24) is 5.16 Å². The van der Waals surface area contributed by atoms with E-state index in [2.05, 4.69) is 10.5 Å². The molecule has 0 saturated heterocycles. The molecule has 21 heavy (non-hydrogen) atoms. The number of carbonyl (C=O) groups is 1. The average Bonchev–Trinajstić information content (AvgIpc) is 2.78. The third kappa shape index (κ3) is 4.45. The van der Waals surface area contributed by atoms with Crippen LogP contribution in [0.5, 0.6) is 0 Å². The normalized spacial score (nSPS) is 12.1. The molecule has 5 nitrogen and oxygen atoms in total. The van der Waals surface area contributed by atoms with Gasteiger partial charge >= 0.3 is 0 Å². The van der Waals surface area contributed by atoms with Crippen molar-refractivity contribution in [1.29, 1.82) is 0 Å². The van der Waals surface area contributed by atoms with E-state index in [1.54, 1.807) is 13.0 Å². The van der Waals surface area contributed by atoms with Crippen LogP contribution in [0, 0.1) is 18.6 Å². The molecule has 0 aliphatic carbocycles. The summed E-state index contributed by atoms with van der Waals surface area (Å²) < 4.78 is 42.7. The molecule has 0 radical (unpaired) electrons. The highest BCUT2D eigenvalue weighted by atomic mass is 32.2. The van der Waals surface area contributed by atoms with Crippen LogP contribution in [0.15, 0.2) is 28.8 Å². The summed E-state index contributed by atoms with van der Waals surface area (Å²) in [5.41, 5.74) is 0.322. The minimum atomic E-state index is -1.50. The lowest BCUT2D eigenvalue weighted by Gasteiger charge is -2.06. The average molecular weight is 314 g/mol. The van der Waals surface area contributed by atoms with Gasteiger partial charge in [-0.3, -0.25) is 9.00 Å². The Hall–Kier alpha value is -2.09. The van der Waals surface area contributed by atoms with Crippen LogP contribution in [-0.2, 0) is 21.3 Å². The van der Waals surface area contributed by atoms with Crippen molar-refractivity contribution in [3.63, 3.8) is 0 Å². The summed E-state index contributed by atoms with van der Waals surface area (Å²) in [5.74, 6) is -1.92. The smallest absolute Gasteiger partial charge is 0.237 e. The Morgan fingerprint density at radius 1 is 1.38 bits per heavy atom. The van der Waals surface area contributed by atoms with E-state index in [1.165, 1.54) is 0 Å². The van der Waals surface area contributed by atoms with Gasteiger partial charge in [-0.15, -0.1) is 0 Å². The molecule has 1 aromatic heterocycles. The number of benzene rings is 1. The molecular formula is C13H12F2N2O3S. The summed E-state index contributed by atoms with van der Waals surface area (Å²) in [4.78, 5) is 11.6. The number of amides is 1. The number of aromatic nitrogens is 1. The zero-order valence-corrected chi connectivity index (χ0v) is 11.9. The topological polar surface area (TPSA) is 72.2 Å². The molecule has 1 amide bonds. The second-order valence-electron chi connectivity index (χ2n) is 4.33. The van der Waals surface area contributed by atoms with Crippen molar-refractivity contribution < 1.29 is 22.3 Å². The maximum absolute atomic E-state index is 13.3. The van der Waals surface area contributed by atoms with E-state index in [0.717, 1.165) is 12.1 Å². The number of aryl methyl sites for hydroxylation is 1. The highest BCUT2D eigenvalue weighted by Crippen LogP contribution is 2.15. The fourth-order valence-electron chi connectivity index (χ4n) is 1.63. The van der Waals surface area contributed by atoms with E-state index in [4.69, 9.17) is 4.52 Å². The highest BCUT2D eigenvalue weighted by molar-refractivity contribution is 7.84. The minimum absolute atomic E-state index is 0.0661. The molecule has 8 heteroatoms. The Balaban J connectivity index is 1.90. The van der Waals surface area contributed by atoms with Gasteiger partial charge in [0.25, 0.3) is 0 Å². The van der Waals surface area contributed by atoms with Crippen LogP contribution in [0.3, 0.4) is 0 Å². The lowest BCUT2D eigenvalue weighted by molar-refractivity contribution is -0.113. The van der Waals surface area contributed by atoms with Gasteiger partial charge in [0.1, 0.15) is 23.1 Å². The van der Waals surface area contributed by atoms with Crippen LogP contribution in [0.25, 0.3) is 0 Å². The van der Waals surface area contributed by atoms with E-state index in [1.807, 2.05) is 0 Å². The van der Waals surface area contributed by atoms with E-state index in [-0.39, 0.29) is 17.2 Å². The Bertz CT molecular complexity index is 688. The third-order valence-corrected chi connectivity index (χ3v) is 3.68. The van der Waals surface area contributed by atoms with E-state index in [9.17, 15) is 17.8 Å². The molecule has 0 aliphatic rings. The molecular weight excluding hydrogens is 302 g/mol. The molecule has 1 unspecified atom stereocenters. The van der Waals surface area contributed by atoms with Crippen molar-refractivity contribution >= 4 is 22.4 Å². The zero-order valence-electron chi connectivity index (χ0n) is 11.1. The summed E-state index contributed by atoms with van der Waals surface area (Å²) in [6.07, 6.45) is 0. The molecule has 0 fully saturated rings. The Labute approximate surface area is 121 Å². The van der Waals surface area contributed by atoms with Gasteiger partial charge in [-0.1, -0.05) is 5.16 Å². The first-order valence-corrected chi connectivity index (χ1v) is 7.45. The summed E-state index contributed by atoms with van der Waals surface area (Å²) in [6, 6.07) is 4.40. The predicted molar refractivity (Wildman–Crippen MR) is 72.9 cm³/mol. The van der Waals surface area contributed by atoms with E-state index >= 15 is 0 Å². The maximum atomic E-state index is 13.3. The largest absolute Gasteiger partial charge is 0.361 e. The van der Waals surface area contributed by atoms with Crippen LogP contribution in [0.2, 0.25) is 0 Å². The van der Waals surface area contributed by atoms with Crippen molar-refractivity contribution in [3.8, 4) is 0 Å². The molecule has 1 atom stereocenters. The molecule has 1 N–H and O–H groups in total. The fourth-order valence-corrected chi connectivity index (χ4v) is 2.56. The summed E-state index contributed by atoms with van der Waals surface area (Å²) >= 11 is 0. The maximum Gasteiger partial charge on any atom is 0.237 e. The minimum Gasteiger partial charge on any atom is -0.361 e. The summed E-state index contributed by atoms with van der Waals surface area (Å²) in [6.45, 7) is 1.70. The molecule has 2 aromatic rings. The standard InChI is InChI=1S/C13H12F2N2O3S/c1-8-4-10(17-20-8)6-21(19)7-13(18)16-12-3-2-9(14)5-11(12)15/h2-5H,6-7H2,1H3,(H,16,18). The molecule has 1 aromatic carbocycles. The number of nitrogens with one attached hydrogen (secondary N) is 1. The Morgan fingerprint density at radius 3 is 2.76 bits per heavy atom. The molecule has 0 bridgehead atoms. The molecule has 0 aliphatic heterocycles. The summed E-state index contributed by atoms with van der Waals surface area (Å²) in [7, 11) is -1.50. The number of nitrogens with zero attached hydrogens (tertiary/aromatic N) is 1. The van der Waals surface area contributed by atoms with E-state index < -0.39 is 28.3 Å². The zero-order chi connectivity index (χ0) is 15.4. The number of hydrogen-bond donors (Lipinski definition) is 1. The number of rotatable bonds is 5. The van der Waals surface area contributed by atoms with Crippen molar-refractivity contribution in [3.05, 3.63) is 47.4 Å². The SMILES string of the molecule is Cc1cc(CS(=O)CC(=O)Nc2ccc(F)cc2F)no1. The monoisotopic (exact) mass is 314 g/mol. The van der Waals surface area contributed by atoms with Gasteiger partial charge in [-0.2, -0.15) is 0 Å². The van der Waals surface area contributed by atoms with Crippen LogP contribution in [-0.4, -0.2) is 21.0 Å². The molecule has 2 rings (SSSR count). The van der Waals surface area contributed by atoms with Gasteiger partial charge in [-0.05, 0) is 19.1 Å². The highest BCUT2D eigenvalue weighted by Gasteiger charge is 2.13. The van der Waals surface area contributed by atoms with Crippen LogP contribution < -0.4 is 5.32 Å². The first-order valence-electron chi connectivity index (χ1n) is 5.96. The molecule has 0 spiro atoms. The van der Waals surface area contributed by atoms with Crippen molar-refractivity contribution in [2.24, 2.45) is 0 Å². The first-order chi connectivity index (χ1) is 9.94. The molecule has 112 valence electrons. The Kier molecular flexibility index (Phi) is 4.79. The second-order valence-corrected chi connectivity index (χ2v) is 5.79. The van der Waals surface area contributed by atoms with Gasteiger partial charge < -0.3 is 9.84 Å². The number of anilines is 1. The van der Waals surface area contributed by atoms with Gasteiger partial charge in [0.05, 0.1) is 17.1 Å². The third-order valence-electron chi connectivity index (χ3n) is 2.48. The molecule has 1 heterocycles. The lowest BCUT2D eigenvalue weighted by atomic mass is 10.3. The van der Waals surface area contributed by atoms with Crippen LogP contribution in [0.1, 0.15) is 11.5 Å². The van der Waals surface area contributed by atoms with Crippen LogP contribution >= 0.6 is 0 Å². The van der Waals surface area contributed by atoms with Gasteiger partial charge in [-0.25, -0.2) is 8.78 Å². The second kappa shape index (κ2) is 6.57. The van der Waals surface area contributed by atoms with E-state index in [0.29, 0.717) is 17.5 Å². The van der Waals surface area contributed by atoms with Gasteiger partial charge in [0.15, 0.2) is 0 Å².